The number of nitrogens with zero attached hydrogens (tertiary/aromatic N) is 3. The van der Waals surface area contributed by atoms with Gasteiger partial charge in [-0.15, -0.1) is 0 Å². The number of hydrogen-bond donors (Lipinski definition) is 0. The van der Waals surface area contributed by atoms with Crippen LogP contribution in [0.2, 0.25) is 0 Å². The number of benzene rings is 5. The van der Waals surface area contributed by atoms with Crippen LogP contribution >= 0.6 is 0 Å². The number of aromatic nitrogens is 3. The van der Waals surface area contributed by atoms with Gasteiger partial charge in [0.2, 0.25) is 0 Å². The zero-order valence-electron chi connectivity index (χ0n) is 27.9. The van der Waals surface area contributed by atoms with Crippen LogP contribution in [0.25, 0.3) is 45.3 Å². The molecule has 0 atom stereocenters. The molecule has 2 heterocycles. The Labute approximate surface area is 277 Å². The highest BCUT2D eigenvalue weighted by molar-refractivity contribution is 5.72. The second kappa shape index (κ2) is 10.5. The van der Waals surface area contributed by atoms with E-state index in [1.165, 1.54) is 22.3 Å². The Bertz CT molecular complexity index is 2160. The average Bonchev–Trinajstić information content (AvgIpc) is 3.27. The van der Waals surface area contributed by atoms with Crippen molar-refractivity contribution >= 4 is 0 Å². The molecule has 0 unspecified atom stereocenters. The van der Waals surface area contributed by atoms with Crippen molar-refractivity contribution in [3.8, 4) is 56.8 Å². The zero-order chi connectivity index (χ0) is 32.6. The lowest BCUT2D eigenvalue weighted by molar-refractivity contribution is 0.403. The Hall–Kier alpha value is -5.09. The first-order valence-electron chi connectivity index (χ1n) is 16.5. The van der Waals surface area contributed by atoms with Crippen LogP contribution in [0, 0.1) is 0 Å². The second-order valence-corrected chi connectivity index (χ2v) is 14.9. The highest BCUT2D eigenvalue weighted by Gasteiger charge is 2.42. The van der Waals surface area contributed by atoms with E-state index in [1.54, 1.807) is 0 Å². The number of para-hydroxylation sites is 1. The van der Waals surface area contributed by atoms with Crippen LogP contribution in [-0.4, -0.2) is 15.0 Å². The monoisotopic (exact) mass is 613 g/mol. The first kappa shape index (κ1) is 29.3. The molecule has 5 aromatic carbocycles. The predicted molar refractivity (Wildman–Crippen MR) is 191 cm³/mol. The van der Waals surface area contributed by atoms with Gasteiger partial charge in [0.15, 0.2) is 17.5 Å². The lowest BCUT2D eigenvalue weighted by Crippen LogP contribution is -2.24. The number of hydrogen-bond acceptors (Lipinski definition) is 4. The molecule has 4 nitrogen and oxygen atoms in total. The first-order chi connectivity index (χ1) is 22.5. The van der Waals surface area contributed by atoms with Gasteiger partial charge in [-0.1, -0.05) is 126 Å². The van der Waals surface area contributed by atoms with Gasteiger partial charge in [0.1, 0.15) is 11.5 Å². The van der Waals surface area contributed by atoms with Crippen molar-refractivity contribution in [2.75, 3.05) is 0 Å². The molecule has 4 heteroatoms. The Morgan fingerprint density at radius 2 is 0.915 bits per heavy atom. The number of ether oxygens (including phenoxy) is 1. The molecule has 232 valence electrons. The molecule has 47 heavy (non-hydrogen) atoms. The standard InChI is InChI=1S/C43H39N3O/c1-41(2)26-42(3,4)34-24-30(20-22-32(34)41)39-44-38(29-18-16-28(17-19-29)27-12-8-7-9-13-27)45-40(46-39)31-21-23-37-35(25-31)43(5,6)33-14-10-11-15-36(33)47-37/h7-25H,26H2,1-6H3. The van der Waals surface area contributed by atoms with Crippen molar-refractivity contribution < 1.29 is 4.74 Å². The van der Waals surface area contributed by atoms with Crippen LogP contribution in [0.3, 0.4) is 0 Å². The summed E-state index contributed by atoms with van der Waals surface area (Å²) in [6.07, 6.45) is 1.11. The van der Waals surface area contributed by atoms with Gasteiger partial charge in [0.05, 0.1) is 0 Å². The fraction of sp³-hybridized carbons (Fsp3) is 0.233. The van der Waals surface area contributed by atoms with E-state index in [2.05, 4.69) is 139 Å². The summed E-state index contributed by atoms with van der Waals surface area (Å²) in [5.74, 6) is 3.76. The average molecular weight is 614 g/mol. The topological polar surface area (TPSA) is 47.9 Å². The van der Waals surface area contributed by atoms with Crippen LogP contribution < -0.4 is 4.74 Å². The van der Waals surface area contributed by atoms with Crippen LogP contribution in [0.1, 0.15) is 70.2 Å². The maximum Gasteiger partial charge on any atom is 0.164 e. The minimum atomic E-state index is -0.246. The van der Waals surface area contributed by atoms with E-state index in [1.807, 2.05) is 18.2 Å². The van der Waals surface area contributed by atoms with Crippen molar-refractivity contribution in [2.24, 2.45) is 0 Å². The molecule has 0 saturated heterocycles. The van der Waals surface area contributed by atoms with Gasteiger partial charge >= 0.3 is 0 Å². The smallest absolute Gasteiger partial charge is 0.164 e. The Balaban J connectivity index is 1.27. The van der Waals surface area contributed by atoms with Crippen molar-refractivity contribution in [3.05, 3.63) is 138 Å². The minimum Gasteiger partial charge on any atom is -0.457 e. The van der Waals surface area contributed by atoms with Gasteiger partial charge in [-0.25, -0.2) is 15.0 Å². The molecule has 1 aliphatic carbocycles. The SMILES string of the molecule is CC1(C)CC(C)(C)c2cc(-c3nc(-c4ccc(-c5ccccc5)cc4)nc(-c4ccc5c(c4)C(C)(C)c4ccccc4O5)n3)ccc21. The molecule has 0 radical (unpaired) electrons. The predicted octanol–water partition coefficient (Wildman–Crippen LogP) is 10.9. The summed E-state index contributed by atoms with van der Waals surface area (Å²) in [4.78, 5) is 15.4. The van der Waals surface area contributed by atoms with E-state index < -0.39 is 0 Å². The van der Waals surface area contributed by atoms with E-state index >= 15 is 0 Å². The van der Waals surface area contributed by atoms with E-state index in [4.69, 9.17) is 19.7 Å². The minimum absolute atomic E-state index is 0.0706. The Kier molecular flexibility index (Phi) is 6.53. The van der Waals surface area contributed by atoms with E-state index in [-0.39, 0.29) is 16.2 Å². The van der Waals surface area contributed by atoms with Crippen LogP contribution in [0.5, 0.6) is 11.5 Å². The quantitative estimate of drug-likeness (QED) is 0.198. The summed E-state index contributed by atoms with van der Waals surface area (Å²) in [5, 5.41) is 0. The molecule has 0 saturated carbocycles. The molecule has 2 aliphatic rings. The third kappa shape index (κ3) is 4.95. The Morgan fingerprint density at radius 1 is 0.426 bits per heavy atom. The molecule has 8 rings (SSSR count). The van der Waals surface area contributed by atoms with Crippen molar-refractivity contribution in [3.63, 3.8) is 0 Å². The van der Waals surface area contributed by atoms with Crippen LogP contribution in [0.4, 0.5) is 0 Å². The summed E-state index contributed by atoms with van der Waals surface area (Å²) in [6.45, 7) is 13.9. The molecule has 1 aromatic heterocycles. The lowest BCUT2D eigenvalue weighted by atomic mass is 9.75. The van der Waals surface area contributed by atoms with Gasteiger partial charge in [-0.2, -0.15) is 0 Å². The summed E-state index contributed by atoms with van der Waals surface area (Å²) < 4.78 is 6.36. The maximum absolute atomic E-state index is 6.36. The largest absolute Gasteiger partial charge is 0.457 e. The van der Waals surface area contributed by atoms with Gasteiger partial charge in [-0.05, 0) is 69.8 Å². The highest BCUT2D eigenvalue weighted by atomic mass is 16.5. The molecule has 0 amide bonds. The molecule has 0 N–H and O–H groups in total. The molecule has 0 spiro atoms. The van der Waals surface area contributed by atoms with Crippen LogP contribution in [-0.2, 0) is 16.2 Å². The summed E-state index contributed by atoms with van der Waals surface area (Å²) >= 11 is 0. The number of rotatable bonds is 4. The third-order valence-corrected chi connectivity index (χ3v) is 10.2. The molecule has 1 aliphatic heterocycles. The van der Waals surface area contributed by atoms with Gasteiger partial charge in [0.25, 0.3) is 0 Å². The zero-order valence-corrected chi connectivity index (χ0v) is 27.9. The maximum atomic E-state index is 6.36. The molecule has 6 aromatic rings. The van der Waals surface area contributed by atoms with E-state index in [9.17, 15) is 0 Å². The van der Waals surface area contributed by atoms with Crippen molar-refractivity contribution in [1.29, 1.82) is 0 Å². The third-order valence-electron chi connectivity index (χ3n) is 10.2. The summed E-state index contributed by atoms with van der Waals surface area (Å²) in [6, 6.07) is 40.3. The molecule has 0 bridgehead atoms. The van der Waals surface area contributed by atoms with Crippen molar-refractivity contribution in [2.45, 2.75) is 64.2 Å². The Morgan fingerprint density at radius 3 is 1.62 bits per heavy atom. The normalized spacial score (nSPS) is 16.5. The first-order valence-corrected chi connectivity index (χ1v) is 16.5. The molecular formula is C43H39N3O. The highest BCUT2D eigenvalue weighted by Crippen LogP contribution is 2.51. The fourth-order valence-corrected chi connectivity index (χ4v) is 7.92. The summed E-state index contributed by atoms with van der Waals surface area (Å²) in [7, 11) is 0. The van der Waals surface area contributed by atoms with Gasteiger partial charge < -0.3 is 4.74 Å². The molecule has 0 fully saturated rings. The van der Waals surface area contributed by atoms with Gasteiger partial charge in [-0.3, -0.25) is 0 Å². The van der Waals surface area contributed by atoms with E-state index in [0.717, 1.165) is 45.7 Å². The van der Waals surface area contributed by atoms with E-state index in [0.29, 0.717) is 17.5 Å². The van der Waals surface area contributed by atoms with Gasteiger partial charge in [0, 0.05) is 33.2 Å². The molecular weight excluding hydrogens is 574 g/mol. The second-order valence-electron chi connectivity index (χ2n) is 14.9. The number of fused-ring (bicyclic) bond motifs is 3. The van der Waals surface area contributed by atoms with Crippen LogP contribution in [0.15, 0.2) is 115 Å². The lowest BCUT2D eigenvalue weighted by Gasteiger charge is -2.34. The summed E-state index contributed by atoms with van der Waals surface area (Å²) in [5.41, 5.74) is 10.3. The fourth-order valence-electron chi connectivity index (χ4n) is 7.92. The van der Waals surface area contributed by atoms with Crippen molar-refractivity contribution in [1.82, 2.24) is 15.0 Å².